The van der Waals surface area contributed by atoms with Crippen LogP contribution in [0.2, 0.25) is 0 Å². The second-order valence-corrected chi connectivity index (χ2v) is 6.01. The average molecular weight is 350 g/mol. The first-order chi connectivity index (χ1) is 11.5. The largest absolute Gasteiger partial charge is 0.482 e. The van der Waals surface area contributed by atoms with E-state index in [0.717, 1.165) is 23.9 Å². The summed E-state index contributed by atoms with van der Waals surface area (Å²) < 4.78 is 31.2. The first-order valence-corrected chi connectivity index (χ1v) is 7.94. The molecule has 0 fully saturated rings. The lowest BCUT2D eigenvalue weighted by molar-refractivity contribution is -0.118. The van der Waals surface area contributed by atoms with Crippen molar-refractivity contribution in [1.29, 1.82) is 0 Å². The molecule has 1 aliphatic heterocycles. The van der Waals surface area contributed by atoms with Crippen LogP contribution in [0.15, 0.2) is 41.3 Å². The van der Waals surface area contributed by atoms with Gasteiger partial charge in [-0.15, -0.1) is 11.8 Å². The van der Waals surface area contributed by atoms with Crippen molar-refractivity contribution in [1.82, 2.24) is 0 Å². The monoisotopic (exact) mass is 350 g/mol. The van der Waals surface area contributed by atoms with Crippen molar-refractivity contribution < 1.29 is 23.1 Å². The highest BCUT2D eigenvalue weighted by molar-refractivity contribution is 8.00. The van der Waals surface area contributed by atoms with E-state index in [2.05, 4.69) is 10.6 Å². The molecule has 0 aliphatic carbocycles. The van der Waals surface area contributed by atoms with E-state index >= 15 is 0 Å². The van der Waals surface area contributed by atoms with Crippen molar-refractivity contribution in [3.63, 3.8) is 0 Å². The Morgan fingerprint density at radius 2 is 2.04 bits per heavy atom. The number of amides is 2. The van der Waals surface area contributed by atoms with Crippen molar-refractivity contribution in [3.8, 4) is 5.75 Å². The molecule has 2 N–H and O–H groups in total. The zero-order chi connectivity index (χ0) is 17.1. The Bertz CT molecular complexity index is 814. The molecular formula is C16H12F2N2O3S. The lowest BCUT2D eigenvalue weighted by atomic mass is 10.2. The van der Waals surface area contributed by atoms with Gasteiger partial charge in [-0.2, -0.15) is 0 Å². The quantitative estimate of drug-likeness (QED) is 0.832. The summed E-state index contributed by atoms with van der Waals surface area (Å²) in [6.07, 6.45) is 0. The number of hydrogen-bond donors (Lipinski definition) is 2. The maximum atomic E-state index is 13.1. The minimum absolute atomic E-state index is 0.0328. The van der Waals surface area contributed by atoms with Crippen LogP contribution in [0.25, 0.3) is 0 Å². The van der Waals surface area contributed by atoms with Gasteiger partial charge < -0.3 is 15.4 Å². The number of carbonyl (C=O) groups excluding carboxylic acids is 2. The van der Waals surface area contributed by atoms with Crippen molar-refractivity contribution in [2.24, 2.45) is 0 Å². The minimum atomic E-state index is -0.953. The molecule has 2 aromatic carbocycles. The van der Waals surface area contributed by atoms with Crippen molar-refractivity contribution in [2.75, 3.05) is 23.0 Å². The maximum absolute atomic E-state index is 13.1. The van der Waals surface area contributed by atoms with Gasteiger partial charge in [-0.1, -0.05) is 0 Å². The van der Waals surface area contributed by atoms with Crippen LogP contribution in [-0.4, -0.2) is 24.2 Å². The Balaban J connectivity index is 1.59. The Hall–Kier alpha value is -2.61. The van der Waals surface area contributed by atoms with Gasteiger partial charge in [-0.05, 0) is 36.4 Å². The number of ether oxygens (including phenoxy) is 1. The second kappa shape index (κ2) is 6.88. The molecule has 0 saturated heterocycles. The molecule has 1 heterocycles. The zero-order valence-corrected chi connectivity index (χ0v) is 13.1. The topological polar surface area (TPSA) is 67.4 Å². The number of thioether (sulfide) groups is 1. The number of carbonyl (C=O) groups is 2. The molecule has 2 amide bonds. The third-order valence-electron chi connectivity index (χ3n) is 3.16. The van der Waals surface area contributed by atoms with Crippen molar-refractivity contribution in [3.05, 3.63) is 48.0 Å². The fourth-order valence-electron chi connectivity index (χ4n) is 2.07. The predicted molar refractivity (Wildman–Crippen MR) is 86.3 cm³/mol. The van der Waals surface area contributed by atoms with Gasteiger partial charge in [0.25, 0.3) is 5.91 Å². The van der Waals surface area contributed by atoms with Crippen LogP contribution >= 0.6 is 11.8 Å². The number of nitrogens with one attached hydrogen (secondary N) is 2. The van der Waals surface area contributed by atoms with E-state index in [1.807, 2.05) is 0 Å². The number of rotatable bonds is 4. The molecule has 2 aromatic rings. The minimum Gasteiger partial charge on any atom is -0.482 e. The first-order valence-electron chi connectivity index (χ1n) is 6.95. The summed E-state index contributed by atoms with van der Waals surface area (Å²) >= 11 is 1.09. The van der Waals surface area contributed by atoms with Gasteiger partial charge in [0.15, 0.2) is 18.2 Å². The standard InChI is InChI=1S/C16H12F2N2O3S/c17-11-3-2-10(6-12(11)18)24-8-16(22)19-9-1-4-14-13(5-9)20-15(21)7-23-14/h1-6H,7-8H2,(H,19,22)(H,20,21). The van der Waals surface area contributed by atoms with Gasteiger partial charge in [0.2, 0.25) is 5.91 Å². The van der Waals surface area contributed by atoms with Crippen molar-refractivity contribution in [2.45, 2.75) is 4.90 Å². The summed E-state index contributed by atoms with van der Waals surface area (Å²) in [7, 11) is 0. The Kier molecular flexibility index (Phi) is 4.66. The second-order valence-electron chi connectivity index (χ2n) is 4.96. The molecule has 3 rings (SSSR count). The molecule has 0 spiro atoms. The van der Waals surface area contributed by atoms with Crippen LogP contribution in [0.5, 0.6) is 5.75 Å². The number of halogens is 2. The summed E-state index contributed by atoms with van der Waals surface area (Å²) in [5, 5.41) is 5.31. The zero-order valence-electron chi connectivity index (χ0n) is 12.3. The Morgan fingerprint density at radius 1 is 1.21 bits per heavy atom. The molecule has 0 bridgehead atoms. The first kappa shape index (κ1) is 16.3. The van der Waals surface area contributed by atoms with E-state index in [0.29, 0.717) is 22.0 Å². The predicted octanol–water partition coefficient (Wildman–Crippen LogP) is 3.03. The third-order valence-corrected chi connectivity index (χ3v) is 4.15. The summed E-state index contributed by atoms with van der Waals surface area (Å²) in [4.78, 5) is 23.7. The fourth-order valence-corrected chi connectivity index (χ4v) is 2.79. The highest BCUT2D eigenvalue weighted by atomic mass is 32.2. The van der Waals surface area contributed by atoms with E-state index in [4.69, 9.17) is 4.74 Å². The lowest BCUT2D eigenvalue weighted by Gasteiger charge is -2.18. The SMILES string of the molecule is O=C(CSc1ccc(F)c(F)c1)Nc1ccc2c(c1)NC(=O)CO2. The van der Waals surface area contributed by atoms with Gasteiger partial charge in [-0.25, -0.2) is 8.78 Å². The molecule has 0 aromatic heterocycles. The van der Waals surface area contributed by atoms with E-state index in [1.165, 1.54) is 6.07 Å². The van der Waals surface area contributed by atoms with E-state index in [9.17, 15) is 18.4 Å². The van der Waals surface area contributed by atoms with Crippen LogP contribution in [0, 0.1) is 11.6 Å². The highest BCUT2D eigenvalue weighted by Gasteiger charge is 2.16. The van der Waals surface area contributed by atoms with E-state index in [-0.39, 0.29) is 24.2 Å². The highest BCUT2D eigenvalue weighted by Crippen LogP contribution is 2.30. The number of hydrogen-bond acceptors (Lipinski definition) is 4. The molecule has 0 atom stereocenters. The molecule has 124 valence electrons. The summed E-state index contributed by atoms with van der Waals surface area (Å²) in [6.45, 7) is -0.0381. The van der Waals surface area contributed by atoms with Crippen molar-refractivity contribution >= 4 is 35.0 Å². The van der Waals surface area contributed by atoms with Crippen LogP contribution in [0.3, 0.4) is 0 Å². The summed E-state index contributed by atoms with van der Waals surface area (Å²) in [6, 6.07) is 8.35. The smallest absolute Gasteiger partial charge is 0.262 e. The molecule has 1 aliphatic rings. The van der Waals surface area contributed by atoms with Crippen LogP contribution in [0.4, 0.5) is 20.2 Å². The third kappa shape index (κ3) is 3.83. The van der Waals surface area contributed by atoms with E-state index in [1.54, 1.807) is 18.2 Å². The molecule has 0 unspecified atom stereocenters. The molecule has 8 heteroatoms. The summed E-state index contributed by atoms with van der Waals surface area (Å²) in [5.41, 5.74) is 0.979. The fraction of sp³-hybridized carbons (Fsp3) is 0.125. The Morgan fingerprint density at radius 3 is 2.83 bits per heavy atom. The van der Waals surface area contributed by atoms with Gasteiger partial charge in [0, 0.05) is 10.6 Å². The summed E-state index contributed by atoms with van der Waals surface area (Å²) in [5.74, 6) is -1.89. The van der Waals surface area contributed by atoms with E-state index < -0.39 is 11.6 Å². The van der Waals surface area contributed by atoms with Gasteiger partial charge >= 0.3 is 0 Å². The molecule has 5 nitrogen and oxygen atoms in total. The van der Waals surface area contributed by atoms with Gasteiger partial charge in [-0.3, -0.25) is 9.59 Å². The molecule has 24 heavy (non-hydrogen) atoms. The molecular weight excluding hydrogens is 338 g/mol. The van der Waals surface area contributed by atoms with Crippen LogP contribution in [0.1, 0.15) is 0 Å². The maximum Gasteiger partial charge on any atom is 0.262 e. The lowest BCUT2D eigenvalue weighted by Crippen LogP contribution is -2.25. The number of fused-ring (bicyclic) bond motifs is 1. The van der Waals surface area contributed by atoms with Crippen LogP contribution in [-0.2, 0) is 9.59 Å². The van der Waals surface area contributed by atoms with Gasteiger partial charge in [0.05, 0.1) is 11.4 Å². The number of benzene rings is 2. The Labute approximate surface area is 140 Å². The average Bonchev–Trinajstić information content (AvgIpc) is 2.55. The normalized spacial score (nSPS) is 12.8. The van der Waals surface area contributed by atoms with Crippen LogP contribution < -0.4 is 15.4 Å². The molecule has 0 saturated carbocycles. The molecule has 0 radical (unpaired) electrons. The number of anilines is 2. The van der Waals surface area contributed by atoms with Gasteiger partial charge in [0.1, 0.15) is 5.75 Å².